The van der Waals surface area contributed by atoms with Gasteiger partial charge in [0.05, 0.1) is 11.2 Å². The highest BCUT2D eigenvalue weighted by atomic mass is 16.7. The fraction of sp³-hybridized carbons (Fsp3) is 0.737. The molecule has 0 N–H and O–H groups in total. The number of piperidine rings is 1. The Bertz CT molecular complexity index is 664. The molecule has 3 rings (SSSR count). The van der Waals surface area contributed by atoms with Gasteiger partial charge in [-0.15, -0.1) is 0 Å². The summed E-state index contributed by atoms with van der Waals surface area (Å²) in [5.41, 5.74) is 0.0444. The Kier molecular flexibility index (Phi) is 5.50. The lowest BCUT2D eigenvalue weighted by molar-refractivity contribution is -0.132. The molecular formula is C19H31BN4O3. The highest BCUT2D eigenvalue weighted by molar-refractivity contribution is 6.61. The van der Waals surface area contributed by atoms with E-state index < -0.39 is 7.12 Å². The van der Waals surface area contributed by atoms with Gasteiger partial charge < -0.3 is 19.1 Å². The average molecular weight is 374 g/mol. The summed E-state index contributed by atoms with van der Waals surface area (Å²) in [6, 6.07) is 0.215. The van der Waals surface area contributed by atoms with Crippen molar-refractivity contribution >= 4 is 24.4 Å². The largest absolute Gasteiger partial charge is 0.498 e. The maximum atomic E-state index is 11.9. The Labute approximate surface area is 162 Å². The first-order valence-electron chi connectivity index (χ1n) is 9.76. The van der Waals surface area contributed by atoms with E-state index >= 15 is 0 Å². The molecule has 3 heterocycles. The zero-order valence-corrected chi connectivity index (χ0v) is 17.4. The van der Waals surface area contributed by atoms with Gasteiger partial charge in [-0.05, 0) is 47.0 Å². The molecule has 2 aliphatic heterocycles. The van der Waals surface area contributed by atoms with Gasteiger partial charge in [0, 0.05) is 51.0 Å². The van der Waals surface area contributed by atoms with E-state index in [-0.39, 0.29) is 23.2 Å². The second-order valence-corrected chi connectivity index (χ2v) is 8.65. The Hall–Kier alpha value is -1.67. The van der Waals surface area contributed by atoms with E-state index in [0.29, 0.717) is 5.95 Å². The van der Waals surface area contributed by atoms with Crippen molar-refractivity contribution in [3.63, 3.8) is 0 Å². The van der Waals surface area contributed by atoms with Gasteiger partial charge in [0.15, 0.2) is 0 Å². The van der Waals surface area contributed by atoms with Gasteiger partial charge in [-0.25, -0.2) is 9.97 Å². The van der Waals surface area contributed by atoms with E-state index in [2.05, 4.69) is 9.97 Å². The van der Waals surface area contributed by atoms with Gasteiger partial charge in [-0.2, -0.15) is 0 Å². The third-order valence-corrected chi connectivity index (χ3v) is 6.04. The van der Waals surface area contributed by atoms with Gasteiger partial charge >= 0.3 is 7.12 Å². The number of rotatable bonds is 4. The minimum Gasteiger partial charge on any atom is -0.399 e. The summed E-state index contributed by atoms with van der Waals surface area (Å²) < 4.78 is 12.1. The summed E-state index contributed by atoms with van der Waals surface area (Å²) in [5, 5.41) is 0. The van der Waals surface area contributed by atoms with Gasteiger partial charge in [0.25, 0.3) is 0 Å². The van der Waals surface area contributed by atoms with Crippen LogP contribution >= 0.6 is 0 Å². The van der Waals surface area contributed by atoms with Crippen molar-refractivity contribution in [3.05, 3.63) is 12.4 Å². The monoisotopic (exact) mass is 374 g/mol. The molecule has 1 amide bonds. The fourth-order valence-corrected chi connectivity index (χ4v) is 3.63. The van der Waals surface area contributed by atoms with Crippen LogP contribution in [0.3, 0.4) is 0 Å². The van der Waals surface area contributed by atoms with Crippen molar-refractivity contribution < 1.29 is 14.1 Å². The van der Waals surface area contributed by atoms with Gasteiger partial charge in [-0.1, -0.05) is 0 Å². The van der Waals surface area contributed by atoms with Crippen LogP contribution in [-0.2, 0) is 14.1 Å². The number of likely N-dealkylation sites (tertiary alicyclic amines) is 1. The SMILES string of the molecule is CC(=O)N1CCCC[C@H]1CN(C)c1ncc(B2OC(C)(C)C(C)(C)O2)cn1. The summed E-state index contributed by atoms with van der Waals surface area (Å²) in [5.74, 6) is 0.787. The van der Waals surface area contributed by atoms with Gasteiger partial charge in [0.2, 0.25) is 11.9 Å². The zero-order chi connectivity index (χ0) is 19.8. The number of aromatic nitrogens is 2. The Morgan fingerprint density at radius 3 is 2.37 bits per heavy atom. The number of nitrogens with zero attached hydrogens (tertiary/aromatic N) is 4. The van der Waals surface area contributed by atoms with Crippen LogP contribution in [0.25, 0.3) is 0 Å². The van der Waals surface area contributed by atoms with Crippen molar-refractivity contribution in [2.45, 2.75) is 71.1 Å². The molecule has 0 bridgehead atoms. The van der Waals surface area contributed by atoms with E-state index in [1.807, 2.05) is 44.5 Å². The fourth-order valence-electron chi connectivity index (χ4n) is 3.63. The predicted molar refractivity (Wildman–Crippen MR) is 106 cm³/mol. The molecule has 0 saturated carbocycles. The average Bonchev–Trinajstić information content (AvgIpc) is 2.83. The van der Waals surface area contributed by atoms with E-state index in [9.17, 15) is 4.79 Å². The summed E-state index contributed by atoms with van der Waals surface area (Å²) in [4.78, 5) is 24.9. The topological polar surface area (TPSA) is 67.8 Å². The van der Waals surface area contributed by atoms with E-state index in [4.69, 9.17) is 9.31 Å². The predicted octanol–water partition coefficient (Wildman–Crippen LogP) is 1.61. The van der Waals surface area contributed by atoms with Crippen molar-refractivity contribution in [1.82, 2.24) is 14.9 Å². The standard InChI is InChI=1S/C19H31BN4O3/c1-14(25)24-10-8-7-9-16(24)13-23(6)17-21-11-15(12-22-17)20-26-18(2,3)19(4,5)27-20/h11-12,16H,7-10,13H2,1-6H3/t16-/m0/s1. The zero-order valence-electron chi connectivity index (χ0n) is 17.4. The molecule has 7 nitrogen and oxygen atoms in total. The van der Waals surface area contributed by atoms with E-state index in [1.165, 1.54) is 0 Å². The number of hydrogen-bond acceptors (Lipinski definition) is 6. The van der Waals surface area contributed by atoms with Gasteiger partial charge in [-0.3, -0.25) is 4.79 Å². The lowest BCUT2D eigenvalue weighted by Crippen LogP contribution is -2.48. The normalized spacial score (nSPS) is 24.1. The molecule has 2 fully saturated rings. The first-order valence-corrected chi connectivity index (χ1v) is 9.76. The Morgan fingerprint density at radius 1 is 1.22 bits per heavy atom. The molecule has 1 aromatic heterocycles. The quantitative estimate of drug-likeness (QED) is 0.746. The molecule has 2 saturated heterocycles. The minimum atomic E-state index is -0.457. The second kappa shape index (κ2) is 7.39. The van der Waals surface area contributed by atoms with Crippen molar-refractivity contribution in [2.75, 3.05) is 25.0 Å². The first-order chi connectivity index (χ1) is 12.6. The smallest absolute Gasteiger partial charge is 0.399 e. The van der Waals surface area contributed by atoms with Crippen LogP contribution in [0.1, 0.15) is 53.9 Å². The third-order valence-electron chi connectivity index (χ3n) is 6.04. The third kappa shape index (κ3) is 4.11. The summed E-state index contributed by atoms with van der Waals surface area (Å²) >= 11 is 0. The lowest BCUT2D eigenvalue weighted by Gasteiger charge is -2.37. The molecule has 1 atom stereocenters. The van der Waals surface area contributed by atoms with E-state index in [1.54, 1.807) is 19.3 Å². The van der Waals surface area contributed by atoms with Crippen molar-refractivity contribution in [3.8, 4) is 0 Å². The van der Waals surface area contributed by atoms with Crippen LogP contribution in [0, 0.1) is 0 Å². The van der Waals surface area contributed by atoms with Crippen LogP contribution in [0.4, 0.5) is 5.95 Å². The Balaban J connectivity index is 1.66. The summed E-state index contributed by atoms with van der Waals surface area (Å²) in [7, 11) is 1.51. The highest BCUT2D eigenvalue weighted by Crippen LogP contribution is 2.36. The maximum Gasteiger partial charge on any atom is 0.498 e. The van der Waals surface area contributed by atoms with Crippen LogP contribution in [0.15, 0.2) is 12.4 Å². The maximum absolute atomic E-state index is 11.9. The number of hydrogen-bond donors (Lipinski definition) is 0. The molecule has 0 unspecified atom stereocenters. The Morgan fingerprint density at radius 2 is 1.81 bits per heavy atom. The highest BCUT2D eigenvalue weighted by Gasteiger charge is 2.52. The summed E-state index contributed by atoms with van der Waals surface area (Å²) in [6.45, 7) is 11.3. The number of likely N-dealkylation sites (N-methyl/N-ethyl adjacent to an activating group) is 1. The lowest BCUT2D eigenvalue weighted by atomic mass is 9.81. The van der Waals surface area contributed by atoms with Crippen LogP contribution in [-0.4, -0.2) is 65.3 Å². The minimum absolute atomic E-state index is 0.144. The molecule has 0 aromatic carbocycles. The molecule has 8 heteroatoms. The summed E-state index contributed by atoms with van der Waals surface area (Å²) in [6.07, 6.45) is 6.80. The van der Waals surface area contributed by atoms with Gasteiger partial charge in [0.1, 0.15) is 0 Å². The number of carbonyl (C=O) groups excluding carboxylic acids is 1. The van der Waals surface area contributed by atoms with E-state index in [0.717, 1.165) is 37.8 Å². The van der Waals surface area contributed by atoms with Crippen molar-refractivity contribution in [2.24, 2.45) is 0 Å². The molecule has 0 spiro atoms. The van der Waals surface area contributed by atoms with Crippen LogP contribution in [0.2, 0.25) is 0 Å². The second-order valence-electron chi connectivity index (χ2n) is 8.65. The molecule has 0 radical (unpaired) electrons. The first kappa shape index (κ1) is 20.1. The molecule has 27 heavy (non-hydrogen) atoms. The molecule has 0 aliphatic carbocycles. The molecule has 2 aliphatic rings. The number of amides is 1. The van der Waals surface area contributed by atoms with Crippen LogP contribution < -0.4 is 10.4 Å². The van der Waals surface area contributed by atoms with Crippen molar-refractivity contribution in [1.29, 1.82) is 0 Å². The number of carbonyl (C=O) groups is 1. The molecule has 148 valence electrons. The molecular weight excluding hydrogens is 343 g/mol. The molecule has 1 aromatic rings. The van der Waals surface area contributed by atoms with Crippen LogP contribution in [0.5, 0.6) is 0 Å². The number of anilines is 1.